The Morgan fingerprint density at radius 3 is 2.65 bits per heavy atom. The number of fused-ring (bicyclic) bond motifs is 1. The van der Waals surface area contributed by atoms with Crippen molar-refractivity contribution in [1.82, 2.24) is 0 Å². The van der Waals surface area contributed by atoms with Gasteiger partial charge in [-0.3, -0.25) is 4.79 Å². The second-order valence-corrected chi connectivity index (χ2v) is 5.57. The molecular weight excluding hydrogens is 294 g/mol. The van der Waals surface area contributed by atoms with Crippen molar-refractivity contribution in [3.8, 4) is 11.5 Å². The first kappa shape index (κ1) is 15.2. The van der Waals surface area contributed by atoms with Gasteiger partial charge in [-0.15, -0.1) is 0 Å². The highest BCUT2D eigenvalue weighted by molar-refractivity contribution is 5.70. The molecule has 0 spiro atoms. The smallest absolute Gasteiger partial charge is 0.307 e. The monoisotopic (exact) mass is 313 g/mol. The van der Waals surface area contributed by atoms with Crippen LogP contribution >= 0.6 is 0 Å². The summed E-state index contributed by atoms with van der Waals surface area (Å²) in [5.74, 6) is 0.740. The highest BCUT2D eigenvalue weighted by Crippen LogP contribution is 2.31. The number of carbonyl (C=O) groups is 1. The molecule has 0 unspecified atom stereocenters. The maximum Gasteiger partial charge on any atom is 0.307 e. The molecule has 0 saturated carbocycles. The van der Waals surface area contributed by atoms with E-state index in [-0.39, 0.29) is 6.42 Å². The fourth-order valence-corrected chi connectivity index (χ4v) is 2.63. The van der Waals surface area contributed by atoms with E-state index in [2.05, 4.69) is 4.90 Å². The average molecular weight is 313 g/mol. The Labute approximate surface area is 135 Å². The van der Waals surface area contributed by atoms with Gasteiger partial charge in [0.2, 0.25) is 0 Å². The molecule has 0 aromatic heterocycles. The van der Waals surface area contributed by atoms with Gasteiger partial charge in [0.15, 0.2) is 11.5 Å². The SMILES string of the molecule is CN(Cc1ccc2c(c1)OCCO2)c1cccc(CC(=O)O)c1. The second-order valence-electron chi connectivity index (χ2n) is 5.57. The van der Waals surface area contributed by atoms with Gasteiger partial charge in [-0.05, 0) is 35.4 Å². The van der Waals surface area contributed by atoms with Gasteiger partial charge >= 0.3 is 5.97 Å². The van der Waals surface area contributed by atoms with Crippen molar-refractivity contribution >= 4 is 11.7 Å². The molecule has 0 bridgehead atoms. The lowest BCUT2D eigenvalue weighted by atomic mass is 10.1. The van der Waals surface area contributed by atoms with E-state index in [1.807, 2.05) is 49.5 Å². The molecule has 0 atom stereocenters. The summed E-state index contributed by atoms with van der Waals surface area (Å²) in [4.78, 5) is 12.9. The average Bonchev–Trinajstić information content (AvgIpc) is 2.54. The van der Waals surface area contributed by atoms with Gasteiger partial charge < -0.3 is 19.5 Å². The number of rotatable bonds is 5. The van der Waals surface area contributed by atoms with Crippen LogP contribution in [0.15, 0.2) is 42.5 Å². The molecular formula is C18H19NO4. The van der Waals surface area contributed by atoms with Gasteiger partial charge in [-0.1, -0.05) is 18.2 Å². The standard InChI is InChI=1S/C18H19NO4/c1-19(15-4-2-3-13(9-15)11-18(20)21)12-14-5-6-16-17(10-14)23-8-7-22-16/h2-6,9-10H,7-8,11-12H2,1H3,(H,20,21). The summed E-state index contributed by atoms with van der Waals surface area (Å²) in [5, 5.41) is 8.90. The zero-order chi connectivity index (χ0) is 16.2. The molecule has 0 fully saturated rings. The molecule has 0 aliphatic carbocycles. The van der Waals surface area contributed by atoms with Crippen molar-refractivity contribution in [2.24, 2.45) is 0 Å². The first-order valence-electron chi connectivity index (χ1n) is 7.52. The molecule has 0 saturated heterocycles. The van der Waals surface area contributed by atoms with Crippen LogP contribution < -0.4 is 14.4 Å². The van der Waals surface area contributed by atoms with E-state index < -0.39 is 5.97 Å². The first-order valence-corrected chi connectivity index (χ1v) is 7.52. The first-order chi connectivity index (χ1) is 11.1. The van der Waals surface area contributed by atoms with Crippen molar-refractivity contribution in [2.75, 3.05) is 25.2 Å². The van der Waals surface area contributed by atoms with Crippen molar-refractivity contribution < 1.29 is 19.4 Å². The van der Waals surface area contributed by atoms with Crippen LogP contribution in [0.2, 0.25) is 0 Å². The summed E-state index contributed by atoms with van der Waals surface area (Å²) in [6, 6.07) is 13.5. The number of nitrogens with zero attached hydrogens (tertiary/aromatic N) is 1. The Kier molecular flexibility index (Phi) is 4.37. The molecule has 2 aromatic rings. The van der Waals surface area contributed by atoms with E-state index in [1.54, 1.807) is 0 Å². The zero-order valence-electron chi connectivity index (χ0n) is 13.0. The van der Waals surface area contributed by atoms with E-state index in [4.69, 9.17) is 14.6 Å². The van der Waals surface area contributed by atoms with Crippen LogP contribution in [0.25, 0.3) is 0 Å². The predicted octanol–water partition coefficient (Wildman–Crippen LogP) is 2.72. The van der Waals surface area contributed by atoms with Crippen LogP contribution in [0.5, 0.6) is 11.5 Å². The van der Waals surface area contributed by atoms with Crippen LogP contribution in [-0.4, -0.2) is 31.3 Å². The van der Waals surface area contributed by atoms with Crippen LogP contribution in [0, 0.1) is 0 Å². The summed E-state index contributed by atoms with van der Waals surface area (Å²) in [6.45, 7) is 1.86. The van der Waals surface area contributed by atoms with Crippen LogP contribution in [0.1, 0.15) is 11.1 Å². The lowest BCUT2D eigenvalue weighted by Gasteiger charge is -2.22. The van der Waals surface area contributed by atoms with Crippen LogP contribution in [0.4, 0.5) is 5.69 Å². The number of carboxylic acids is 1. The minimum absolute atomic E-state index is 0.0334. The van der Waals surface area contributed by atoms with E-state index in [9.17, 15) is 4.79 Å². The molecule has 5 nitrogen and oxygen atoms in total. The van der Waals surface area contributed by atoms with Crippen LogP contribution in [0.3, 0.4) is 0 Å². The molecule has 23 heavy (non-hydrogen) atoms. The summed E-state index contributed by atoms with van der Waals surface area (Å²) >= 11 is 0. The Bertz CT molecular complexity index is 714. The minimum atomic E-state index is -0.823. The second kappa shape index (κ2) is 6.60. The number of aliphatic carboxylic acids is 1. The third kappa shape index (κ3) is 3.74. The van der Waals surface area contributed by atoms with E-state index in [0.717, 1.165) is 28.3 Å². The zero-order valence-corrected chi connectivity index (χ0v) is 13.0. The normalized spacial score (nSPS) is 12.7. The fourth-order valence-electron chi connectivity index (χ4n) is 2.63. The molecule has 5 heteroatoms. The number of ether oxygens (including phenoxy) is 2. The topological polar surface area (TPSA) is 59.0 Å². The molecule has 1 N–H and O–H groups in total. The maximum atomic E-state index is 10.8. The fraction of sp³-hybridized carbons (Fsp3) is 0.278. The number of hydrogen-bond acceptors (Lipinski definition) is 4. The van der Waals surface area contributed by atoms with E-state index in [0.29, 0.717) is 19.8 Å². The molecule has 1 aliphatic rings. The van der Waals surface area contributed by atoms with E-state index >= 15 is 0 Å². The Morgan fingerprint density at radius 2 is 1.87 bits per heavy atom. The number of carboxylic acid groups (broad SMARTS) is 1. The summed E-state index contributed by atoms with van der Waals surface area (Å²) in [7, 11) is 1.98. The Balaban J connectivity index is 1.73. The maximum absolute atomic E-state index is 10.8. The van der Waals surface area contributed by atoms with Gasteiger partial charge in [0.25, 0.3) is 0 Å². The molecule has 0 radical (unpaired) electrons. The van der Waals surface area contributed by atoms with Gasteiger partial charge in [-0.25, -0.2) is 0 Å². The molecule has 0 amide bonds. The highest BCUT2D eigenvalue weighted by Gasteiger charge is 2.13. The van der Waals surface area contributed by atoms with Crippen molar-refractivity contribution in [3.05, 3.63) is 53.6 Å². The van der Waals surface area contributed by atoms with Gasteiger partial charge in [0.1, 0.15) is 13.2 Å². The number of benzene rings is 2. The number of anilines is 1. The third-order valence-corrected chi connectivity index (χ3v) is 3.73. The van der Waals surface area contributed by atoms with Crippen LogP contribution in [-0.2, 0) is 17.8 Å². The van der Waals surface area contributed by atoms with Gasteiger partial charge in [0, 0.05) is 19.3 Å². The van der Waals surface area contributed by atoms with E-state index in [1.165, 1.54) is 0 Å². The van der Waals surface area contributed by atoms with Gasteiger partial charge in [0.05, 0.1) is 6.42 Å². The molecule has 1 aliphatic heterocycles. The largest absolute Gasteiger partial charge is 0.486 e. The lowest BCUT2D eigenvalue weighted by Crippen LogP contribution is -2.18. The Morgan fingerprint density at radius 1 is 1.09 bits per heavy atom. The predicted molar refractivity (Wildman–Crippen MR) is 87.3 cm³/mol. The molecule has 1 heterocycles. The van der Waals surface area contributed by atoms with Gasteiger partial charge in [-0.2, -0.15) is 0 Å². The van der Waals surface area contributed by atoms with Crippen molar-refractivity contribution in [3.63, 3.8) is 0 Å². The third-order valence-electron chi connectivity index (χ3n) is 3.73. The summed E-state index contributed by atoms with van der Waals surface area (Å²) in [5.41, 5.74) is 2.89. The quantitative estimate of drug-likeness (QED) is 0.920. The summed E-state index contributed by atoms with van der Waals surface area (Å²) < 4.78 is 11.1. The number of hydrogen-bond donors (Lipinski definition) is 1. The van der Waals surface area contributed by atoms with Crippen molar-refractivity contribution in [2.45, 2.75) is 13.0 Å². The minimum Gasteiger partial charge on any atom is -0.486 e. The molecule has 2 aromatic carbocycles. The summed E-state index contributed by atoms with van der Waals surface area (Å²) in [6.07, 6.45) is 0.0334. The molecule has 120 valence electrons. The van der Waals surface area contributed by atoms with Crippen molar-refractivity contribution in [1.29, 1.82) is 0 Å². The lowest BCUT2D eigenvalue weighted by molar-refractivity contribution is -0.136. The molecule has 3 rings (SSSR count). The highest BCUT2D eigenvalue weighted by atomic mass is 16.6. The Hall–Kier alpha value is -2.69.